The summed E-state index contributed by atoms with van der Waals surface area (Å²) in [7, 11) is 1.91. The smallest absolute Gasteiger partial charge is 0.291 e. The lowest BCUT2D eigenvalue weighted by Crippen LogP contribution is -2.36. The molecule has 0 aromatic carbocycles. The fourth-order valence-electron chi connectivity index (χ4n) is 3.11. The highest BCUT2D eigenvalue weighted by Gasteiger charge is 2.29. The van der Waals surface area contributed by atoms with Gasteiger partial charge in [-0.05, 0) is 6.92 Å². The van der Waals surface area contributed by atoms with Gasteiger partial charge in [-0.15, -0.1) is 0 Å². The molecule has 0 aliphatic carbocycles. The second-order valence-electron chi connectivity index (χ2n) is 6.07. The summed E-state index contributed by atoms with van der Waals surface area (Å²) in [6, 6.07) is 0. The van der Waals surface area contributed by atoms with E-state index in [0.29, 0.717) is 24.7 Å². The maximum atomic E-state index is 12.7. The molecule has 3 aromatic heterocycles. The van der Waals surface area contributed by atoms with Crippen molar-refractivity contribution in [3.05, 3.63) is 53.4 Å². The predicted octanol–water partition coefficient (Wildman–Crippen LogP) is 1.28. The third-order valence-electron chi connectivity index (χ3n) is 4.45. The van der Waals surface area contributed by atoms with Crippen molar-refractivity contribution in [1.29, 1.82) is 0 Å². The Kier molecular flexibility index (Phi) is 4.11. The molecule has 0 radical (unpaired) electrons. The van der Waals surface area contributed by atoms with Crippen LogP contribution in [-0.2, 0) is 26.6 Å². The Bertz CT molecular complexity index is 933. The van der Waals surface area contributed by atoms with Gasteiger partial charge in [-0.2, -0.15) is 5.10 Å². The Balaban J connectivity index is 1.54. The molecule has 134 valence electrons. The van der Waals surface area contributed by atoms with E-state index in [1.807, 2.05) is 11.7 Å². The lowest BCUT2D eigenvalue weighted by atomic mass is 10.0. The lowest BCUT2D eigenvalue weighted by Gasteiger charge is -2.27. The molecule has 3 aromatic rings. The topological polar surface area (TPSA) is 99.2 Å². The fourth-order valence-corrected chi connectivity index (χ4v) is 3.11. The van der Waals surface area contributed by atoms with E-state index in [2.05, 4.69) is 20.1 Å². The van der Waals surface area contributed by atoms with Gasteiger partial charge in [0.15, 0.2) is 6.39 Å². The molecule has 4 rings (SSSR count). The Hall–Kier alpha value is -3.23. The Morgan fingerprint density at radius 2 is 2.23 bits per heavy atom. The zero-order chi connectivity index (χ0) is 18.1. The summed E-state index contributed by atoms with van der Waals surface area (Å²) in [6.07, 6.45) is 6.73. The van der Waals surface area contributed by atoms with Crippen LogP contribution in [0.15, 0.2) is 29.4 Å². The van der Waals surface area contributed by atoms with Crippen molar-refractivity contribution in [2.45, 2.75) is 26.5 Å². The zero-order valence-electron chi connectivity index (χ0n) is 14.5. The first-order chi connectivity index (χ1) is 12.6. The highest BCUT2D eigenvalue weighted by molar-refractivity contribution is 5.92. The average Bonchev–Trinajstić information content (AvgIpc) is 3.23. The van der Waals surface area contributed by atoms with E-state index in [-0.39, 0.29) is 18.3 Å². The number of oxazole rings is 1. The Morgan fingerprint density at radius 1 is 1.35 bits per heavy atom. The van der Waals surface area contributed by atoms with Gasteiger partial charge in [0, 0.05) is 50.2 Å². The van der Waals surface area contributed by atoms with Gasteiger partial charge in [-0.3, -0.25) is 14.5 Å². The molecule has 1 aliphatic rings. The normalized spacial score (nSPS) is 13.5. The van der Waals surface area contributed by atoms with Crippen molar-refractivity contribution in [3.8, 4) is 5.88 Å². The number of ether oxygens (including phenoxy) is 1. The van der Waals surface area contributed by atoms with Crippen LogP contribution in [0.1, 0.15) is 33.2 Å². The molecule has 0 unspecified atom stereocenters. The Morgan fingerprint density at radius 3 is 2.96 bits per heavy atom. The maximum absolute atomic E-state index is 12.7. The van der Waals surface area contributed by atoms with Crippen molar-refractivity contribution in [2.75, 3.05) is 6.54 Å². The van der Waals surface area contributed by atoms with Crippen molar-refractivity contribution < 1.29 is 13.9 Å². The van der Waals surface area contributed by atoms with E-state index >= 15 is 0 Å². The second kappa shape index (κ2) is 6.58. The summed E-state index contributed by atoms with van der Waals surface area (Å²) in [6.45, 7) is 3.10. The summed E-state index contributed by atoms with van der Waals surface area (Å²) in [5, 5.41) is 4.55. The van der Waals surface area contributed by atoms with Crippen LogP contribution in [0, 0.1) is 6.92 Å². The van der Waals surface area contributed by atoms with Crippen molar-refractivity contribution in [2.24, 2.45) is 7.05 Å². The quantitative estimate of drug-likeness (QED) is 0.696. The van der Waals surface area contributed by atoms with Crippen LogP contribution in [0.5, 0.6) is 5.88 Å². The lowest BCUT2D eigenvalue weighted by molar-refractivity contribution is 0.0699. The van der Waals surface area contributed by atoms with E-state index < -0.39 is 0 Å². The highest BCUT2D eigenvalue weighted by atomic mass is 16.5. The first-order valence-electron chi connectivity index (χ1n) is 8.25. The molecule has 9 nitrogen and oxygen atoms in total. The molecule has 0 bridgehead atoms. The van der Waals surface area contributed by atoms with E-state index in [0.717, 1.165) is 23.4 Å². The summed E-state index contributed by atoms with van der Waals surface area (Å²) in [4.78, 5) is 26.5. The molecule has 4 heterocycles. The molecular weight excluding hydrogens is 336 g/mol. The zero-order valence-corrected chi connectivity index (χ0v) is 14.5. The largest absolute Gasteiger partial charge is 0.470 e. The van der Waals surface area contributed by atoms with Gasteiger partial charge in [-0.25, -0.2) is 9.97 Å². The van der Waals surface area contributed by atoms with Crippen molar-refractivity contribution in [3.63, 3.8) is 0 Å². The second-order valence-corrected chi connectivity index (χ2v) is 6.07. The van der Waals surface area contributed by atoms with Crippen LogP contribution in [0.2, 0.25) is 0 Å². The van der Waals surface area contributed by atoms with Crippen LogP contribution < -0.4 is 4.74 Å². The number of carbonyl (C=O) groups is 1. The summed E-state index contributed by atoms with van der Waals surface area (Å²) < 4.78 is 12.8. The highest BCUT2D eigenvalue weighted by Crippen LogP contribution is 2.24. The van der Waals surface area contributed by atoms with E-state index in [1.165, 1.54) is 6.39 Å². The van der Waals surface area contributed by atoms with Crippen LogP contribution >= 0.6 is 0 Å². The number of aryl methyl sites for hydroxylation is 2. The molecule has 0 saturated heterocycles. The minimum Gasteiger partial charge on any atom is -0.470 e. The summed E-state index contributed by atoms with van der Waals surface area (Å²) in [5.74, 6) is 0.568. The minimum atomic E-state index is -0.157. The van der Waals surface area contributed by atoms with Crippen molar-refractivity contribution in [1.82, 2.24) is 29.6 Å². The maximum Gasteiger partial charge on any atom is 0.291 e. The third kappa shape index (κ3) is 2.92. The molecule has 0 N–H and O–H groups in total. The van der Waals surface area contributed by atoms with Gasteiger partial charge in [-0.1, -0.05) is 0 Å². The van der Waals surface area contributed by atoms with Gasteiger partial charge < -0.3 is 14.1 Å². The summed E-state index contributed by atoms with van der Waals surface area (Å²) in [5.41, 5.74) is 3.51. The van der Waals surface area contributed by atoms with Gasteiger partial charge in [0.1, 0.15) is 12.3 Å². The number of amides is 1. The molecule has 9 heteroatoms. The van der Waals surface area contributed by atoms with E-state index in [9.17, 15) is 4.79 Å². The molecule has 1 amide bonds. The molecule has 0 saturated carbocycles. The van der Waals surface area contributed by atoms with Crippen molar-refractivity contribution >= 4 is 5.91 Å². The number of rotatable bonds is 4. The third-order valence-corrected chi connectivity index (χ3v) is 4.45. The van der Waals surface area contributed by atoms with Gasteiger partial charge in [0.25, 0.3) is 5.91 Å². The van der Waals surface area contributed by atoms with E-state index in [4.69, 9.17) is 9.15 Å². The molecule has 0 spiro atoms. The number of fused-ring (bicyclic) bond motifs is 1. The summed E-state index contributed by atoms with van der Waals surface area (Å²) >= 11 is 0. The van der Waals surface area contributed by atoms with Gasteiger partial charge in [0.05, 0.1) is 11.9 Å². The molecule has 0 atom stereocenters. The van der Waals surface area contributed by atoms with Crippen LogP contribution in [-0.4, -0.2) is 42.1 Å². The standard InChI is InChI=1S/C17H18N6O3/c1-11-16(26-10-20-11)17(24)23-6-3-14-12(8-23)13(21-22(14)2)9-25-15-7-18-4-5-19-15/h4-5,7,10H,3,6,8-9H2,1-2H3. The average molecular weight is 354 g/mol. The van der Waals surface area contributed by atoms with Crippen LogP contribution in [0.4, 0.5) is 0 Å². The first-order valence-corrected chi connectivity index (χ1v) is 8.25. The Labute approximate surface area is 149 Å². The van der Waals surface area contributed by atoms with Crippen LogP contribution in [0.3, 0.4) is 0 Å². The number of nitrogens with zero attached hydrogens (tertiary/aromatic N) is 6. The molecule has 0 fully saturated rings. The van der Waals surface area contributed by atoms with Gasteiger partial charge in [0.2, 0.25) is 11.6 Å². The number of hydrogen-bond acceptors (Lipinski definition) is 7. The molecular formula is C17H18N6O3. The number of carbonyl (C=O) groups excluding carboxylic acids is 1. The van der Waals surface area contributed by atoms with Gasteiger partial charge >= 0.3 is 0 Å². The van der Waals surface area contributed by atoms with Crippen LogP contribution in [0.25, 0.3) is 0 Å². The SMILES string of the molecule is Cc1ncoc1C(=O)N1CCc2c(c(COc3cnccn3)nn2C)C1. The monoisotopic (exact) mass is 354 g/mol. The van der Waals surface area contributed by atoms with E-state index in [1.54, 1.807) is 30.4 Å². The molecule has 26 heavy (non-hydrogen) atoms. The minimum absolute atomic E-state index is 0.157. The molecule has 1 aliphatic heterocycles. The first kappa shape index (κ1) is 16.2. The number of hydrogen-bond donors (Lipinski definition) is 0. The predicted molar refractivity (Wildman–Crippen MR) is 89.3 cm³/mol. The fraction of sp³-hybridized carbons (Fsp3) is 0.353. The number of aromatic nitrogens is 5.